The molecule has 1 unspecified atom stereocenters. The van der Waals surface area contributed by atoms with Gasteiger partial charge >= 0.3 is 6.18 Å². The molecule has 2 N–H and O–H groups in total. The van der Waals surface area contributed by atoms with Gasteiger partial charge in [0.2, 0.25) is 0 Å². The first-order valence-electron chi connectivity index (χ1n) is 5.33. The molecule has 1 aromatic heterocycles. The summed E-state index contributed by atoms with van der Waals surface area (Å²) in [5, 5.41) is 0. The predicted molar refractivity (Wildman–Crippen MR) is 54.9 cm³/mol. The largest absolute Gasteiger partial charge is 0.464 e. The van der Waals surface area contributed by atoms with Crippen molar-refractivity contribution >= 4 is 0 Å². The molecule has 0 aliphatic heterocycles. The number of hydrogen-bond donors (Lipinski definition) is 1. The second kappa shape index (κ2) is 5.39. The molecule has 1 aromatic rings. The Kier molecular flexibility index (Phi) is 4.41. The summed E-state index contributed by atoms with van der Waals surface area (Å²) in [4.78, 5) is 0. The van der Waals surface area contributed by atoms with Crippen molar-refractivity contribution in [1.29, 1.82) is 0 Å². The van der Waals surface area contributed by atoms with E-state index in [1.165, 1.54) is 0 Å². The van der Waals surface area contributed by atoms with Crippen molar-refractivity contribution in [3.05, 3.63) is 23.7 Å². The summed E-state index contributed by atoms with van der Waals surface area (Å²) in [5.74, 6) is 1.38. The van der Waals surface area contributed by atoms with Gasteiger partial charge in [-0.15, -0.1) is 0 Å². The Balaban J connectivity index is 2.37. The first kappa shape index (κ1) is 13.1. The normalized spacial score (nSPS) is 14.1. The molecule has 92 valence electrons. The van der Waals surface area contributed by atoms with E-state index in [1.807, 2.05) is 6.92 Å². The second-order valence-corrected chi connectivity index (χ2v) is 3.77. The molecule has 1 heterocycles. The van der Waals surface area contributed by atoms with E-state index >= 15 is 0 Å². The van der Waals surface area contributed by atoms with Gasteiger partial charge in [0.15, 0.2) is 0 Å². The lowest BCUT2D eigenvalue weighted by molar-refractivity contribution is -0.135. The van der Waals surface area contributed by atoms with Crippen molar-refractivity contribution in [2.75, 3.05) is 0 Å². The lowest BCUT2D eigenvalue weighted by Crippen LogP contribution is -2.12. The molecule has 2 nitrogen and oxygen atoms in total. The fourth-order valence-corrected chi connectivity index (χ4v) is 1.45. The quantitative estimate of drug-likeness (QED) is 0.847. The average molecular weight is 235 g/mol. The molecule has 1 atom stereocenters. The maximum absolute atomic E-state index is 11.9. The standard InChI is InChI=1S/C11H16F3NO/c1-2-8-5-6-10(16-8)9(15)4-3-7-11(12,13)14/h5-6,9H,2-4,7,15H2,1H3. The van der Waals surface area contributed by atoms with Gasteiger partial charge < -0.3 is 10.2 Å². The lowest BCUT2D eigenvalue weighted by atomic mass is 10.1. The topological polar surface area (TPSA) is 39.2 Å². The van der Waals surface area contributed by atoms with Crippen LogP contribution < -0.4 is 5.73 Å². The molecule has 0 aromatic carbocycles. The van der Waals surface area contributed by atoms with Gasteiger partial charge in [-0.3, -0.25) is 0 Å². The van der Waals surface area contributed by atoms with Crippen molar-refractivity contribution in [3.63, 3.8) is 0 Å². The minimum Gasteiger partial charge on any atom is -0.464 e. The molecule has 16 heavy (non-hydrogen) atoms. The number of furan rings is 1. The average Bonchev–Trinajstić information content (AvgIpc) is 2.63. The number of hydrogen-bond acceptors (Lipinski definition) is 2. The smallest absolute Gasteiger partial charge is 0.389 e. The number of rotatable bonds is 5. The minimum absolute atomic E-state index is 0.0345. The zero-order chi connectivity index (χ0) is 12.2. The summed E-state index contributed by atoms with van der Waals surface area (Å²) in [6.07, 6.45) is -3.81. The van der Waals surface area contributed by atoms with E-state index in [9.17, 15) is 13.2 Å². The van der Waals surface area contributed by atoms with Gasteiger partial charge in [-0.25, -0.2) is 0 Å². The molecular formula is C11H16F3NO. The van der Waals surface area contributed by atoms with Crippen molar-refractivity contribution in [1.82, 2.24) is 0 Å². The van der Waals surface area contributed by atoms with Crippen LogP contribution in [-0.4, -0.2) is 6.18 Å². The maximum atomic E-state index is 11.9. The van der Waals surface area contributed by atoms with E-state index < -0.39 is 18.6 Å². The molecule has 0 bridgehead atoms. The van der Waals surface area contributed by atoms with Gasteiger partial charge in [0.1, 0.15) is 11.5 Å². The highest BCUT2D eigenvalue weighted by atomic mass is 19.4. The molecule has 0 spiro atoms. The number of nitrogens with two attached hydrogens (primary N) is 1. The Labute approximate surface area is 92.6 Å². The number of halogens is 3. The zero-order valence-corrected chi connectivity index (χ0v) is 9.18. The van der Waals surface area contributed by atoms with Crippen LogP contribution in [0, 0.1) is 0 Å². The fourth-order valence-electron chi connectivity index (χ4n) is 1.45. The monoisotopic (exact) mass is 235 g/mol. The van der Waals surface area contributed by atoms with Crippen molar-refractivity contribution < 1.29 is 17.6 Å². The van der Waals surface area contributed by atoms with Crippen LogP contribution in [0.25, 0.3) is 0 Å². The summed E-state index contributed by atoms with van der Waals surface area (Å²) in [7, 11) is 0. The van der Waals surface area contributed by atoms with Gasteiger partial charge in [0.05, 0.1) is 6.04 Å². The number of alkyl halides is 3. The molecule has 0 saturated carbocycles. The van der Waals surface area contributed by atoms with Crippen LogP contribution in [0.1, 0.15) is 43.7 Å². The Morgan fingerprint density at radius 3 is 2.56 bits per heavy atom. The Hall–Kier alpha value is -0.970. The van der Waals surface area contributed by atoms with Gasteiger partial charge in [0.25, 0.3) is 0 Å². The van der Waals surface area contributed by atoms with E-state index in [1.54, 1.807) is 12.1 Å². The second-order valence-electron chi connectivity index (χ2n) is 3.77. The third-order valence-electron chi connectivity index (χ3n) is 2.37. The van der Waals surface area contributed by atoms with Gasteiger partial charge in [-0.2, -0.15) is 13.2 Å². The third-order valence-corrected chi connectivity index (χ3v) is 2.37. The highest BCUT2D eigenvalue weighted by molar-refractivity contribution is 5.10. The molecule has 5 heteroatoms. The summed E-state index contributed by atoms with van der Waals surface area (Å²) >= 11 is 0. The van der Waals surface area contributed by atoms with E-state index in [4.69, 9.17) is 10.2 Å². The Morgan fingerprint density at radius 2 is 2.06 bits per heavy atom. The van der Waals surface area contributed by atoms with Crippen molar-refractivity contribution in [3.8, 4) is 0 Å². The van der Waals surface area contributed by atoms with Gasteiger partial charge in [0, 0.05) is 12.8 Å². The minimum atomic E-state index is -4.10. The van der Waals surface area contributed by atoms with E-state index in [0.29, 0.717) is 5.76 Å². The summed E-state index contributed by atoms with van der Waals surface area (Å²) in [6.45, 7) is 1.94. The summed E-state index contributed by atoms with van der Waals surface area (Å²) < 4.78 is 41.1. The first-order chi connectivity index (χ1) is 7.42. The molecule has 1 rings (SSSR count). The zero-order valence-electron chi connectivity index (χ0n) is 9.18. The van der Waals surface area contributed by atoms with Crippen LogP contribution in [0.4, 0.5) is 13.2 Å². The number of aryl methyl sites for hydroxylation is 1. The van der Waals surface area contributed by atoms with Crippen LogP contribution in [0.15, 0.2) is 16.5 Å². The fraction of sp³-hybridized carbons (Fsp3) is 0.636. The van der Waals surface area contributed by atoms with E-state index in [-0.39, 0.29) is 12.8 Å². The third kappa shape index (κ3) is 4.26. The van der Waals surface area contributed by atoms with Crippen LogP contribution in [-0.2, 0) is 6.42 Å². The van der Waals surface area contributed by atoms with E-state index in [2.05, 4.69) is 0 Å². The SMILES string of the molecule is CCc1ccc(C(N)CCCC(F)(F)F)o1. The maximum Gasteiger partial charge on any atom is 0.389 e. The summed E-state index contributed by atoms with van der Waals surface area (Å²) in [5.41, 5.74) is 5.73. The molecule has 0 aliphatic rings. The predicted octanol–water partition coefficient (Wildman–Crippen LogP) is 3.57. The van der Waals surface area contributed by atoms with Gasteiger partial charge in [-0.1, -0.05) is 6.92 Å². The lowest BCUT2D eigenvalue weighted by Gasteiger charge is -2.10. The highest BCUT2D eigenvalue weighted by Gasteiger charge is 2.26. The van der Waals surface area contributed by atoms with Crippen LogP contribution >= 0.6 is 0 Å². The Morgan fingerprint density at radius 1 is 1.38 bits per heavy atom. The van der Waals surface area contributed by atoms with Crippen molar-refractivity contribution in [2.45, 2.75) is 44.8 Å². The first-order valence-corrected chi connectivity index (χ1v) is 5.33. The molecular weight excluding hydrogens is 219 g/mol. The Bertz CT molecular complexity index is 319. The highest BCUT2D eigenvalue weighted by Crippen LogP contribution is 2.26. The van der Waals surface area contributed by atoms with E-state index in [0.717, 1.165) is 12.2 Å². The summed E-state index contributed by atoms with van der Waals surface area (Å²) in [6, 6.07) is 3.10. The van der Waals surface area contributed by atoms with Crippen LogP contribution in [0.5, 0.6) is 0 Å². The van der Waals surface area contributed by atoms with Crippen LogP contribution in [0.2, 0.25) is 0 Å². The van der Waals surface area contributed by atoms with Gasteiger partial charge in [-0.05, 0) is 25.0 Å². The van der Waals surface area contributed by atoms with Crippen LogP contribution in [0.3, 0.4) is 0 Å². The molecule has 0 fully saturated rings. The molecule has 0 saturated heterocycles. The van der Waals surface area contributed by atoms with Crippen molar-refractivity contribution in [2.24, 2.45) is 5.73 Å². The molecule has 0 radical (unpaired) electrons. The molecule has 0 aliphatic carbocycles. The molecule has 0 amide bonds.